The lowest BCUT2D eigenvalue weighted by Gasteiger charge is -2.41. The van der Waals surface area contributed by atoms with Gasteiger partial charge in [0.2, 0.25) is 29.4 Å². The zero-order valence-electron chi connectivity index (χ0n) is 34.9. The van der Waals surface area contributed by atoms with E-state index in [9.17, 15) is 33.6 Å². The van der Waals surface area contributed by atoms with E-state index in [4.69, 9.17) is 0 Å². The summed E-state index contributed by atoms with van der Waals surface area (Å²) in [7, 11) is 3.14. The molecule has 5 aliphatic carbocycles. The summed E-state index contributed by atoms with van der Waals surface area (Å²) in [5, 5.41) is 14.2. The van der Waals surface area contributed by atoms with Crippen LogP contribution in [0.4, 0.5) is 4.79 Å². The van der Waals surface area contributed by atoms with Crippen LogP contribution in [0, 0.1) is 40.4 Å². The number of nitrogens with zero attached hydrogens (tertiary/aromatic N) is 2. The molecule has 14 heteroatoms. The smallest absolute Gasteiger partial charge is 0.315 e. The summed E-state index contributed by atoms with van der Waals surface area (Å²) in [6, 6.07) is 4.33. The molecule has 5 N–H and O–H groups in total. The maximum Gasteiger partial charge on any atom is 0.315 e. The number of urea groups is 1. The van der Waals surface area contributed by atoms with E-state index >= 15 is 0 Å². The Kier molecular flexibility index (Phi) is 11.9. The Morgan fingerprint density at radius 2 is 1.56 bits per heavy atom. The highest BCUT2D eigenvalue weighted by Gasteiger charge is 2.70. The zero-order chi connectivity index (χ0) is 41.6. The van der Waals surface area contributed by atoms with Crippen molar-refractivity contribution in [1.29, 1.82) is 0 Å². The lowest BCUT2D eigenvalue weighted by molar-refractivity contribution is -0.145. The predicted octanol–water partition coefficient (Wildman–Crippen LogP) is 3.07. The van der Waals surface area contributed by atoms with Crippen LogP contribution in [0.1, 0.15) is 105 Å². The van der Waals surface area contributed by atoms with Crippen molar-refractivity contribution in [3.8, 4) is 0 Å². The predicted molar refractivity (Wildman–Crippen MR) is 213 cm³/mol. The van der Waals surface area contributed by atoms with Crippen LogP contribution in [0.5, 0.6) is 0 Å². The van der Waals surface area contributed by atoms with E-state index in [1.165, 1.54) is 17.7 Å². The van der Waals surface area contributed by atoms with Crippen LogP contribution >= 0.6 is 0 Å². The molecule has 5 saturated carbocycles. The highest BCUT2D eigenvalue weighted by Crippen LogP contribution is 2.65. The van der Waals surface area contributed by atoms with Crippen LogP contribution in [0.25, 0.3) is 0 Å². The number of hydrogen-bond donors (Lipinski definition) is 5. The third-order valence-corrected chi connectivity index (χ3v) is 13.7. The first-order chi connectivity index (χ1) is 26.8. The molecule has 5 unspecified atom stereocenters. The van der Waals surface area contributed by atoms with E-state index in [0.29, 0.717) is 42.7 Å². The number of piperidine rings is 1. The van der Waals surface area contributed by atoms with Gasteiger partial charge in [0.25, 0.3) is 5.91 Å². The van der Waals surface area contributed by atoms with Crippen molar-refractivity contribution in [3.05, 3.63) is 35.9 Å². The lowest BCUT2D eigenvalue weighted by Crippen LogP contribution is -2.63. The fourth-order valence-electron chi connectivity index (χ4n) is 10.7. The maximum atomic E-state index is 14.5. The Morgan fingerprint density at radius 1 is 0.912 bits per heavy atom. The molecule has 1 aromatic rings. The summed E-state index contributed by atoms with van der Waals surface area (Å²) >= 11 is 0. The first-order valence-corrected chi connectivity index (χ1v) is 20.8. The van der Waals surface area contributed by atoms with Crippen molar-refractivity contribution in [1.82, 2.24) is 36.4 Å². The minimum Gasteiger partial charge on any atom is -0.347 e. The molecule has 4 bridgehead atoms. The van der Waals surface area contributed by atoms with Crippen LogP contribution in [0.3, 0.4) is 0 Å². The van der Waals surface area contributed by atoms with E-state index < -0.39 is 59.6 Å². The van der Waals surface area contributed by atoms with Gasteiger partial charge in [-0.2, -0.15) is 0 Å². The van der Waals surface area contributed by atoms with Crippen LogP contribution in [-0.2, 0) is 28.8 Å². The second kappa shape index (κ2) is 16.0. The molecule has 6 fully saturated rings. The molecule has 312 valence electrons. The maximum absolute atomic E-state index is 14.5. The number of fused-ring (bicyclic) bond motifs is 1. The summed E-state index contributed by atoms with van der Waals surface area (Å²) in [6.45, 7) is 11.5. The van der Waals surface area contributed by atoms with Crippen molar-refractivity contribution < 1.29 is 33.6 Å². The summed E-state index contributed by atoms with van der Waals surface area (Å²) in [5.41, 5.74) is -0.558. The number of carbonyl (C=O) groups excluding carboxylic acids is 7. The number of carbonyl (C=O) groups is 7. The summed E-state index contributed by atoms with van der Waals surface area (Å²) in [5.74, 6) is -1.99. The standard InChI is InChI=1S/C43H63N7O7/c1-9-10-16-29(34(52)37(54)44-22-30(51)46-32(38(55)49(7)8)25-14-12-11-13-15-25)45-36(53)33-31-28(42(31,5)6)23-50(33)39(56)35(41(2,3)4)47-40(57)48-43-19-24-17-26(20-43)27(18-24)21-43/h11-15,24,26-29,31-33,35H,9-10,16-23H2,1-8H3,(H,44,54)(H,45,53)(H,46,51)(H2,47,48,57)/t24?,26?,27?,28?,29?,31?,32-,33-,35+,43?/m0/s1. The van der Waals surface area contributed by atoms with E-state index in [0.717, 1.165) is 19.3 Å². The monoisotopic (exact) mass is 789 g/mol. The normalized spacial score (nSPS) is 29.0. The molecule has 57 heavy (non-hydrogen) atoms. The summed E-state index contributed by atoms with van der Waals surface area (Å²) in [4.78, 5) is 98.1. The lowest BCUT2D eigenvalue weighted by atomic mass is 9.76. The molecule has 1 saturated heterocycles. The molecule has 0 spiro atoms. The van der Waals surface area contributed by atoms with Gasteiger partial charge in [-0.1, -0.05) is 84.7 Å². The number of nitrogens with one attached hydrogen (secondary N) is 5. The van der Waals surface area contributed by atoms with E-state index in [2.05, 4.69) is 40.4 Å². The molecule has 6 aliphatic rings. The number of unbranched alkanes of at least 4 members (excludes halogenated alkanes) is 1. The van der Waals surface area contributed by atoms with Gasteiger partial charge in [0.05, 0.1) is 12.6 Å². The number of amides is 7. The fraction of sp³-hybridized carbons (Fsp3) is 0.698. The van der Waals surface area contributed by atoms with Gasteiger partial charge < -0.3 is 36.4 Å². The number of hydrogen-bond acceptors (Lipinski definition) is 7. The molecule has 1 aliphatic heterocycles. The number of Topliss-reactive ketones (excluding diaryl/α,β-unsaturated/α-hetero) is 1. The van der Waals surface area contributed by atoms with Crippen LogP contribution in [0.15, 0.2) is 30.3 Å². The Labute approximate surface area is 336 Å². The molecule has 7 amide bonds. The largest absolute Gasteiger partial charge is 0.347 e. The van der Waals surface area contributed by atoms with Gasteiger partial charge in [0.15, 0.2) is 0 Å². The van der Waals surface area contributed by atoms with Gasteiger partial charge in [0.1, 0.15) is 18.1 Å². The van der Waals surface area contributed by atoms with E-state index in [-0.39, 0.29) is 47.1 Å². The van der Waals surface area contributed by atoms with Gasteiger partial charge in [0, 0.05) is 26.2 Å². The Morgan fingerprint density at radius 3 is 2.14 bits per heavy atom. The molecule has 0 radical (unpaired) electrons. The molecule has 7 rings (SSSR count). The number of likely N-dealkylation sites (N-methyl/N-ethyl adjacent to an activating group) is 1. The zero-order valence-corrected chi connectivity index (χ0v) is 34.9. The van der Waals surface area contributed by atoms with Crippen LogP contribution in [0.2, 0.25) is 0 Å². The van der Waals surface area contributed by atoms with E-state index in [1.807, 2.05) is 27.7 Å². The Hall–Kier alpha value is -4.49. The third kappa shape index (κ3) is 8.69. The highest BCUT2D eigenvalue weighted by atomic mass is 16.2. The fourth-order valence-corrected chi connectivity index (χ4v) is 10.7. The average molecular weight is 790 g/mol. The topological polar surface area (TPSA) is 186 Å². The van der Waals surface area contributed by atoms with Crippen LogP contribution in [-0.4, -0.2) is 102 Å². The molecular weight excluding hydrogens is 727 g/mol. The first-order valence-electron chi connectivity index (χ1n) is 20.8. The van der Waals surface area contributed by atoms with Gasteiger partial charge >= 0.3 is 6.03 Å². The van der Waals surface area contributed by atoms with Crippen molar-refractivity contribution in [2.45, 2.75) is 123 Å². The third-order valence-electron chi connectivity index (χ3n) is 13.7. The second-order valence-corrected chi connectivity index (χ2v) is 19.4. The molecule has 0 aromatic heterocycles. The highest BCUT2D eigenvalue weighted by molar-refractivity contribution is 6.38. The SMILES string of the molecule is CCCCC(NC(=O)[C@@H]1C2C(CN1C(=O)[C@@H](NC(=O)NC13CC4CC(C1)C(C4)C3)C(C)(C)C)C2(C)C)C(=O)C(=O)NCC(=O)N[C@H](C(=O)N(C)C)c1ccccc1. The minimum absolute atomic E-state index is 0.0561. The average Bonchev–Trinajstić information content (AvgIpc) is 3.45. The minimum atomic E-state index is -1.19. The first kappa shape index (κ1) is 42.1. The van der Waals surface area contributed by atoms with Gasteiger partial charge in [-0.25, -0.2) is 4.79 Å². The van der Waals surface area contributed by atoms with Crippen molar-refractivity contribution >= 4 is 41.4 Å². The quantitative estimate of drug-likeness (QED) is 0.169. The molecular formula is C43H63N7O7. The second-order valence-electron chi connectivity index (χ2n) is 19.4. The number of rotatable bonds is 15. The molecule has 14 nitrogen and oxygen atoms in total. The summed E-state index contributed by atoms with van der Waals surface area (Å²) < 4.78 is 0. The van der Waals surface area contributed by atoms with Crippen molar-refractivity contribution in [2.24, 2.45) is 40.4 Å². The number of likely N-dealkylation sites (tertiary alicyclic amines) is 1. The number of benzene rings is 1. The van der Waals surface area contributed by atoms with E-state index in [1.54, 1.807) is 49.3 Å². The Balaban J connectivity index is 1.11. The van der Waals surface area contributed by atoms with Gasteiger partial charge in [-0.3, -0.25) is 28.8 Å². The van der Waals surface area contributed by atoms with Gasteiger partial charge in [-0.15, -0.1) is 0 Å². The summed E-state index contributed by atoms with van der Waals surface area (Å²) in [6.07, 6.45) is 6.86. The van der Waals surface area contributed by atoms with Crippen molar-refractivity contribution in [2.75, 3.05) is 27.2 Å². The molecule has 1 heterocycles. The van der Waals surface area contributed by atoms with Crippen molar-refractivity contribution in [3.63, 3.8) is 0 Å². The van der Waals surface area contributed by atoms with Crippen LogP contribution < -0.4 is 26.6 Å². The van der Waals surface area contributed by atoms with Gasteiger partial charge in [-0.05, 0) is 84.5 Å². The number of ketones is 1. The molecule has 1 aromatic carbocycles. The molecule has 8 atom stereocenters. The Bertz CT molecular complexity index is 1740.